The fourth-order valence-corrected chi connectivity index (χ4v) is 2.88. The average molecular weight is 324 g/mol. The molecule has 5 nitrogen and oxygen atoms in total. The van der Waals surface area contributed by atoms with E-state index < -0.39 is 6.23 Å². The Kier molecular flexibility index (Phi) is 4.64. The van der Waals surface area contributed by atoms with E-state index in [-0.39, 0.29) is 5.97 Å². The number of esters is 1. The molecule has 2 aromatic carbocycles. The summed E-state index contributed by atoms with van der Waals surface area (Å²) < 4.78 is 6.63. The summed E-state index contributed by atoms with van der Waals surface area (Å²) in [4.78, 5) is 11.3. The highest BCUT2D eigenvalue weighted by Crippen LogP contribution is 2.27. The van der Waals surface area contributed by atoms with E-state index in [2.05, 4.69) is 4.74 Å². The number of aryl methyl sites for hydroxylation is 1. The summed E-state index contributed by atoms with van der Waals surface area (Å²) in [6.45, 7) is 0. The van der Waals surface area contributed by atoms with Gasteiger partial charge in [0.05, 0.1) is 18.3 Å². The summed E-state index contributed by atoms with van der Waals surface area (Å²) >= 11 is 0. The van der Waals surface area contributed by atoms with E-state index in [0.717, 1.165) is 22.2 Å². The third kappa shape index (κ3) is 3.18. The topological polar surface area (TPSA) is 77.5 Å². The van der Waals surface area contributed by atoms with Crippen molar-refractivity contribution in [3.05, 3.63) is 65.9 Å². The molecule has 124 valence electrons. The van der Waals surface area contributed by atoms with E-state index in [1.165, 1.54) is 7.11 Å². The lowest BCUT2D eigenvalue weighted by molar-refractivity contribution is -0.140. The van der Waals surface area contributed by atoms with E-state index in [4.69, 9.17) is 5.73 Å². The fourth-order valence-electron chi connectivity index (χ4n) is 2.88. The normalized spacial score (nSPS) is 12.3. The molecule has 0 fully saturated rings. The van der Waals surface area contributed by atoms with Crippen LogP contribution in [-0.2, 0) is 16.0 Å². The number of rotatable bonds is 5. The summed E-state index contributed by atoms with van der Waals surface area (Å²) in [5.74, 6) is -0.232. The summed E-state index contributed by atoms with van der Waals surface area (Å²) in [5.41, 5.74) is 9.27. The molecule has 0 saturated carbocycles. The largest absolute Gasteiger partial charge is 0.469 e. The molecule has 24 heavy (non-hydrogen) atoms. The van der Waals surface area contributed by atoms with Crippen LogP contribution in [0.25, 0.3) is 16.6 Å². The minimum absolute atomic E-state index is 0.232. The van der Waals surface area contributed by atoms with E-state index in [1.807, 2.05) is 59.2 Å². The maximum atomic E-state index is 11.3. The van der Waals surface area contributed by atoms with Gasteiger partial charge in [-0.1, -0.05) is 30.3 Å². The van der Waals surface area contributed by atoms with Crippen molar-refractivity contribution in [1.82, 2.24) is 4.57 Å². The van der Waals surface area contributed by atoms with Crippen LogP contribution in [0.2, 0.25) is 0 Å². The molecule has 3 N–H and O–H groups in total. The smallest absolute Gasteiger partial charge is 0.305 e. The molecule has 0 aliphatic rings. The summed E-state index contributed by atoms with van der Waals surface area (Å²) in [6, 6.07) is 17.6. The first kappa shape index (κ1) is 16.2. The van der Waals surface area contributed by atoms with Crippen LogP contribution in [0, 0.1) is 0 Å². The van der Waals surface area contributed by atoms with Crippen LogP contribution < -0.4 is 5.73 Å². The monoisotopic (exact) mass is 324 g/mol. The Balaban J connectivity index is 2.04. The Labute approximate surface area is 140 Å². The number of hydrogen-bond donors (Lipinski definition) is 2. The zero-order chi connectivity index (χ0) is 17.1. The molecule has 3 rings (SSSR count). The maximum absolute atomic E-state index is 11.3. The minimum Gasteiger partial charge on any atom is -0.469 e. The van der Waals surface area contributed by atoms with Crippen LogP contribution in [0.5, 0.6) is 0 Å². The molecular weight excluding hydrogens is 304 g/mol. The van der Waals surface area contributed by atoms with Gasteiger partial charge in [0.2, 0.25) is 0 Å². The van der Waals surface area contributed by atoms with Crippen molar-refractivity contribution >= 4 is 16.9 Å². The van der Waals surface area contributed by atoms with Gasteiger partial charge in [0, 0.05) is 17.5 Å². The number of nitrogens with zero attached hydrogens (tertiary/aromatic N) is 1. The first-order valence-corrected chi connectivity index (χ1v) is 7.80. The second-order valence-corrected chi connectivity index (χ2v) is 5.65. The highest BCUT2D eigenvalue weighted by molar-refractivity contribution is 5.83. The molecule has 0 aliphatic heterocycles. The van der Waals surface area contributed by atoms with Gasteiger partial charge in [-0.05, 0) is 36.2 Å². The second kappa shape index (κ2) is 6.86. The van der Waals surface area contributed by atoms with Crippen LogP contribution in [-0.4, -0.2) is 22.8 Å². The number of methoxy groups -OCH3 is 1. The molecular formula is C19H20N2O3. The lowest BCUT2D eigenvalue weighted by Crippen LogP contribution is -2.13. The number of fused-ring (bicyclic) bond motifs is 1. The van der Waals surface area contributed by atoms with E-state index in [0.29, 0.717) is 18.5 Å². The van der Waals surface area contributed by atoms with Gasteiger partial charge in [-0.3, -0.25) is 4.79 Å². The molecule has 1 heterocycles. The Morgan fingerprint density at radius 1 is 1.21 bits per heavy atom. The first-order valence-electron chi connectivity index (χ1n) is 7.80. The molecule has 0 radical (unpaired) electrons. The van der Waals surface area contributed by atoms with Crippen LogP contribution in [0.3, 0.4) is 0 Å². The number of para-hydroxylation sites is 1. The van der Waals surface area contributed by atoms with E-state index in [1.54, 1.807) is 0 Å². The van der Waals surface area contributed by atoms with Crippen molar-refractivity contribution in [3.8, 4) is 5.69 Å². The highest BCUT2D eigenvalue weighted by atomic mass is 16.5. The zero-order valence-corrected chi connectivity index (χ0v) is 13.5. The van der Waals surface area contributed by atoms with Crippen molar-refractivity contribution in [2.24, 2.45) is 5.73 Å². The number of carbonyl (C=O) groups is 1. The van der Waals surface area contributed by atoms with Gasteiger partial charge in [0.1, 0.15) is 6.23 Å². The molecule has 3 aromatic rings. The Bertz CT molecular complexity index is 868. The highest BCUT2D eigenvalue weighted by Gasteiger charge is 2.14. The van der Waals surface area contributed by atoms with Gasteiger partial charge in [-0.2, -0.15) is 0 Å². The van der Waals surface area contributed by atoms with Crippen molar-refractivity contribution < 1.29 is 14.6 Å². The maximum Gasteiger partial charge on any atom is 0.305 e. The van der Waals surface area contributed by atoms with Crippen molar-refractivity contribution in [2.45, 2.75) is 19.1 Å². The van der Waals surface area contributed by atoms with Gasteiger partial charge in [0.15, 0.2) is 0 Å². The Morgan fingerprint density at radius 3 is 2.75 bits per heavy atom. The molecule has 0 bridgehead atoms. The molecule has 1 aromatic heterocycles. The summed E-state index contributed by atoms with van der Waals surface area (Å²) in [5, 5.41) is 11.0. The molecule has 1 atom stereocenters. The fraction of sp³-hybridized carbons (Fsp3) is 0.211. The predicted octanol–water partition coefficient (Wildman–Crippen LogP) is 2.69. The van der Waals surface area contributed by atoms with E-state index in [9.17, 15) is 9.90 Å². The molecule has 5 heteroatoms. The first-order chi connectivity index (χ1) is 11.6. The number of benzene rings is 2. The molecule has 0 aliphatic carbocycles. The van der Waals surface area contributed by atoms with Crippen molar-refractivity contribution in [2.75, 3.05) is 7.11 Å². The average Bonchev–Trinajstić information content (AvgIpc) is 2.99. The van der Waals surface area contributed by atoms with Crippen LogP contribution in [0.15, 0.2) is 54.6 Å². The quantitative estimate of drug-likeness (QED) is 0.559. The minimum atomic E-state index is -1.07. The van der Waals surface area contributed by atoms with Crippen molar-refractivity contribution in [1.29, 1.82) is 0 Å². The SMILES string of the molecule is COC(=O)CCc1cccc(-n2c(C(N)O)cc3ccccc32)c1. The van der Waals surface area contributed by atoms with Gasteiger partial charge < -0.3 is 20.1 Å². The molecule has 0 amide bonds. The Hall–Kier alpha value is -2.63. The van der Waals surface area contributed by atoms with Crippen LogP contribution in [0.4, 0.5) is 0 Å². The molecule has 0 saturated heterocycles. The summed E-state index contributed by atoms with van der Waals surface area (Å²) in [6.07, 6.45) is -0.143. The molecule has 0 spiro atoms. The lowest BCUT2D eigenvalue weighted by atomic mass is 10.1. The Morgan fingerprint density at radius 2 is 2.00 bits per heavy atom. The number of aromatic nitrogens is 1. The third-order valence-electron chi connectivity index (χ3n) is 4.06. The van der Waals surface area contributed by atoms with Gasteiger partial charge in [-0.15, -0.1) is 0 Å². The van der Waals surface area contributed by atoms with Crippen LogP contribution >= 0.6 is 0 Å². The number of carbonyl (C=O) groups excluding carboxylic acids is 1. The number of hydrogen-bond acceptors (Lipinski definition) is 4. The zero-order valence-electron chi connectivity index (χ0n) is 13.5. The van der Waals surface area contributed by atoms with Crippen LogP contribution in [0.1, 0.15) is 23.9 Å². The molecule has 1 unspecified atom stereocenters. The van der Waals surface area contributed by atoms with Gasteiger partial charge in [-0.25, -0.2) is 0 Å². The predicted molar refractivity (Wildman–Crippen MR) is 92.8 cm³/mol. The number of ether oxygens (including phenoxy) is 1. The second-order valence-electron chi connectivity index (χ2n) is 5.65. The number of aliphatic hydroxyl groups excluding tert-OH is 1. The van der Waals surface area contributed by atoms with Gasteiger partial charge >= 0.3 is 5.97 Å². The van der Waals surface area contributed by atoms with Crippen molar-refractivity contribution in [3.63, 3.8) is 0 Å². The summed E-state index contributed by atoms with van der Waals surface area (Å²) in [7, 11) is 1.39. The number of aliphatic hydroxyl groups is 1. The standard InChI is InChI=1S/C19H20N2O3/c1-24-18(22)10-9-13-5-4-7-15(11-13)21-16-8-3-2-6-14(16)12-17(21)19(20)23/h2-8,11-12,19,23H,9-10,20H2,1H3. The third-order valence-corrected chi connectivity index (χ3v) is 4.06. The number of nitrogens with two attached hydrogens (primary N) is 1. The lowest BCUT2D eigenvalue weighted by Gasteiger charge is -2.14. The van der Waals surface area contributed by atoms with E-state index >= 15 is 0 Å². The van der Waals surface area contributed by atoms with Gasteiger partial charge in [0.25, 0.3) is 0 Å².